The first-order valence-corrected chi connectivity index (χ1v) is 6.96. The van der Waals surface area contributed by atoms with Crippen molar-refractivity contribution >= 4 is 29.9 Å². The molecule has 1 aromatic rings. The first kappa shape index (κ1) is 17.0. The van der Waals surface area contributed by atoms with E-state index >= 15 is 0 Å². The molecule has 112 valence electrons. The molecule has 2 N–H and O–H groups in total. The van der Waals surface area contributed by atoms with Gasteiger partial charge in [0.15, 0.2) is 11.7 Å². The maximum atomic E-state index is 5.23. The smallest absolute Gasteiger partial charge is 0.191 e. The molecular formula is C14H23IN4O. The minimum atomic E-state index is 0. The molecule has 2 rings (SSSR count). The highest BCUT2D eigenvalue weighted by atomic mass is 127. The Morgan fingerprint density at radius 2 is 2.15 bits per heavy atom. The second-order valence-electron chi connectivity index (χ2n) is 4.62. The molecule has 0 saturated carbocycles. The zero-order valence-corrected chi connectivity index (χ0v) is 14.4. The van der Waals surface area contributed by atoms with Gasteiger partial charge >= 0.3 is 0 Å². The first-order valence-electron chi connectivity index (χ1n) is 6.96. The predicted octanol–water partition coefficient (Wildman–Crippen LogP) is 2.63. The van der Waals surface area contributed by atoms with Crippen LogP contribution in [0.25, 0.3) is 0 Å². The highest BCUT2D eigenvalue weighted by Crippen LogP contribution is 2.09. The summed E-state index contributed by atoms with van der Waals surface area (Å²) in [6.45, 7) is 5.49. The maximum absolute atomic E-state index is 5.23. The molecule has 5 nitrogen and oxygen atoms in total. The molecule has 1 heterocycles. The van der Waals surface area contributed by atoms with E-state index in [1.54, 1.807) is 0 Å². The number of nitrogens with one attached hydrogen (secondary N) is 2. The number of guanidine groups is 1. The van der Waals surface area contributed by atoms with E-state index in [2.05, 4.69) is 46.8 Å². The number of halogens is 1. The molecule has 0 amide bonds. The molecule has 0 aliphatic heterocycles. The Labute approximate surface area is 137 Å². The highest BCUT2D eigenvalue weighted by Gasteiger charge is 2.11. The minimum Gasteiger partial charge on any atom is -0.359 e. The summed E-state index contributed by atoms with van der Waals surface area (Å²) < 4.78 is 5.23. The molecular weight excluding hydrogens is 367 g/mol. The van der Waals surface area contributed by atoms with Crippen LogP contribution in [0.4, 0.5) is 0 Å². The molecule has 0 spiro atoms. The highest BCUT2D eigenvalue weighted by molar-refractivity contribution is 14.0. The van der Waals surface area contributed by atoms with Crippen molar-refractivity contribution in [3.8, 4) is 0 Å². The largest absolute Gasteiger partial charge is 0.359 e. The van der Waals surface area contributed by atoms with E-state index in [4.69, 9.17) is 4.52 Å². The molecule has 0 fully saturated rings. The first-order chi connectivity index (χ1) is 9.31. The van der Waals surface area contributed by atoms with Gasteiger partial charge in [0, 0.05) is 18.7 Å². The average Bonchev–Trinajstić information content (AvgIpc) is 3.07. The minimum absolute atomic E-state index is 0. The van der Waals surface area contributed by atoms with Gasteiger partial charge < -0.3 is 15.2 Å². The Kier molecular flexibility index (Phi) is 7.64. The summed E-state index contributed by atoms with van der Waals surface area (Å²) in [5, 5.41) is 10.6. The van der Waals surface area contributed by atoms with Crippen molar-refractivity contribution in [1.29, 1.82) is 0 Å². The summed E-state index contributed by atoms with van der Waals surface area (Å²) in [7, 11) is 0. The second-order valence-corrected chi connectivity index (χ2v) is 4.62. The van der Waals surface area contributed by atoms with E-state index in [-0.39, 0.29) is 24.0 Å². The molecule has 0 radical (unpaired) electrons. The van der Waals surface area contributed by atoms with Crippen molar-refractivity contribution in [2.75, 3.05) is 6.54 Å². The van der Waals surface area contributed by atoms with Gasteiger partial charge in [-0.3, -0.25) is 0 Å². The lowest BCUT2D eigenvalue weighted by molar-refractivity contribution is 0.379. The molecule has 1 aromatic heterocycles. The van der Waals surface area contributed by atoms with Gasteiger partial charge in [-0.25, -0.2) is 4.99 Å². The summed E-state index contributed by atoms with van der Waals surface area (Å²) in [6, 6.07) is 2.42. The Morgan fingerprint density at radius 1 is 1.40 bits per heavy atom. The molecule has 1 aliphatic rings. The monoisotopic (exact) mass is 390 g/mol. The van der Waals surface area contributed by atoms with Crippen LogP contribution in [-0.4, -0.2) is 23.7 Å². The number of nitrogens with zero attached hydrogens (tertiary/aromatic N) is 2. The van der Waals surface area contributed by atoms with Gasteiger partial charge in [0.1, 0.15) is 6.54 Å². The summed E-state index contributed by atoms with van der Waals surface area (Å²) in [5.41, 5.74) is 0.975. The quantitative estimate of drug-likeness (QED) is 0.351. The van der Waals surface area contributed by atoms with Crippen LogP contribution < -0.4 is 10.6 Å². The molecule has 1 aliphatic carbocycles. The van der Waals surface area contributed by atoms with Crippen molar-refractivity contribution in [2.45, 2.75) is 45.7 Å². The van der Waals surface area contributed by atoms with Crippen LogP contribution in [0.2, 0.25) is 0 Å². The lowest BCUT2D eigenvalue weighted by Crippen LogP contribution is -2.42. The van der Waals surface area contributed by atoms with E-state index in [1.165, 1.54) is 0 Å². The van der Waals surface area contributed by atoms with E-state index in [0.717, 1.165) is 43.2 Å². The normalized spacial score (nSPS) is 15.2. The molecule has 20 heavy (non-hydrogen) atoms. The van der Waals surface area contributed by atoms with E-state index in [0.29, 0.717) is 12.6 Å². The SMILES string of the molecule is CCNC(=NCc1cc(CC)no1)NC1CC=CC1.I. The van der Waals surface area contributed by atoms with Gasteiger partial charge in [-0.1, -0.05) is 24.2 Å². The van der Waals surface area contributed by atoms with Crippen molar-refractivity contribution < 1.29 is 4.52 Å². The number of hydrogen-bond donors (Lipinski definition) is 2. The fraction of sp³-hybridized carbons (Fsp3) is 0.571. The molecule has 0 aromatic carbocycles. The third kappa shape index (κ3) is 5.15. The Balaban J connectivity index is 0.00000200. The van der Waals surface area contributed by atoms with Crippen molar-refractivity contribution in [3.63, 3.8) is 0 Å². The van der Waals surface area contributed by atoms with Gasteiger partial charge in [-0.15, -0.1) is 24.0 Å². The topological polar surface area (TPSA) is 62.5 Å². The summed E-state index contributed by atoms with van der Waals surface area (Å²) in [6.07, 6.45) is 7.41. The fourth-order valence-electron chi connectivity index (χ4n) is 2.00. The van der Waals surface area contributed by atoms with Gasteiger partial charge in [-0.2, -0.15) is 0 Å². The Hall–Kier alpha value is -1.05. The maximum Gasteiger partial charge on any atom is 0.191 e. The second kappa shape index (κ2) is 8.99. The van der Waals surface area contributed by atoms with Crippen LogP contribution in [-0.2, 0) is 13.0 Å². The van der Waals surface area contributed by atoms with E-state index in [9.17, 15) is 0 Å². The van der Waals surface area contributed by atoms with Crippen LogP contribution in [0.1, 0.15) is 38.1 Å². The lowest BCUT2D eigenvalue weighted by atomic mass is 10.2. The van der Waals surface area contributed by atoms with Crippen LogP contribution in [0.15, 0.2) is 27.7 Å². The summed E-state index contributed by atoms with van der Waals surface area (Å²) in [4.78, 5) is 4.53. The fourth-order valence-corrected chi connectivity index (χ4v) is 2.00. The molecule has 0 unspecified atom stereocenters. The number of hydrogen-bond acceptors (Lipinski definition) is 3. The Bertz CT molecular complexity index is 448. The van der Waals surface area contributed by atoms with Gasteiger partial charge in [0.2, 0.25) is 0 Å². The summed E-state index contributed by atoms with van der Waals surface area (Å²) >= 11 is 0. The third-order valence-electron chi connectivity index (χ3n) is 3.06. The molecule has 0 bridgehead atoms. The van der Waals surface area contributed by atoms with Crippen molar-refractivity contribution in [1.82, 2.24) is 15.8 Å². The average molecular weight is 390 g/mol. The van der Waals surface area contributed by atoms with Crippen molar-refractivity contribution in [3.05, 3.63) is 29.7 Å². The van der Waals surface area contributed by atoms with Crippen LogP contribution in [0.3, 0.4) is 0 Å². The van der Waals surface area contributed by atoms with Crippen LogP contribution >= 0.6 is 24.0 Å². The zero-order chi connectivity index (χ0) is 13.5. The number of aryl methyl sites for hydroxylation is 1. The predicted molar refractivity (Wildman–Crippen MR) is 91.4 cm³/mol. The standard InChI is InChI=1S/C14H22N4O.HI/c1-3-11-9-13(19-18-11)10-16-14(15-4-2)17-12-7-5-6-8-12;/h5-6,9,12H,3-4,7-8,10H2,1-2H3,(H2,15,16,17);1H. The Morgan fingerprint density at radius 3 is 2.75 bits per heavy atom. The van der Waals surface area contributed by atoms with Gasteiger partial charge in [-0.05, 0) is 26.2 Å². The van der Waals surface area contributed by atoms with Crippen LogP contribution in [0.5, 0.6) is 0 Å². The van der Waals surface area contributed by atoms with Crippen LogP contribution in [0, 0.1) is 0 Å². The van der Waals surface area contributed by atoms with Gasteiger partial charge in [0.05, 0.1) is 5.69 Å². The number of rotatable bonds is 5. The number of aromatic nitrogens is 1. The van der Waals surface area contributed by atoms with E-state index in [1.807, 2.05) is 6.07 Å². The molecule has 0 saturated heterocycles. The van der Waals surface area contributed by atoms with Gasteiger partial charge in [0.25, 0.3) is 0 Å². The molecule has 0 atom stereocenters. The van der Waals surface area contributed by atoms with E-state index < -0.39 is 0 Å². The van der Waals surface area contributed by atoms with Crippen molar-refractivity contribution in [2.24, 2.45) is 4.99 Å². The lowest BCUT2D eigenvalue weighted by Gasteiger charge is -2.16. The molecule has 6 heteroatoms. The summed E-state index contributed by atoms with van der Waals surface area (Å²) in [5.74, 6) is 1.64. The third-order valence-corrected chi connectivity index (χ3v) is 3.06. The number of aliphatic imine (C=N–C) groups is 1. The zero-order valence-electron chi connectivity index (χ0n) is 12.1.